The fourth-order valence-corrected chi connectivity index (χ4v) is 2.32. The van der Waals surface area contributed by atoms with E-state index in [9.17, 15) is 0 Å². The SMILES string of the molecule is Cc1cc(-c2cc([C@@H]3CCCN3)ccn2)n[nH]1. The number of pyridine rings is 1. The number of aryl methyl sites for hydroxylation is 1. The Morgan fingerprint density at radius 2 is 2.24 bits per heavy atom. The molecule has 0 amide bonds. The molecule has 88 valence electrons. The van der Waals surface area contributed by atoms with E-state index in [1.165, 1.54) is 18.4 Å². The second kappa shape index (κ2) is 4.30. The number of aromatic amines is 1. The highest BCUT2D eigenvalue weighted by molar-refractivity contribution is 5.55. The summed E-state index contributed by atoms with van der Waals surface area (Å²) in [5.41, 5.74) is 4.24. The van der Waals surface area contributed by atoms with Gasteiger partial charge in [0.25, 0.3) is 0 Å². The van der Waals surface area contributed by atoms with Crippen LogP contribution >= 0.6 is 0 Å². The summed E-state index contributed by atoms with van der Waals surface area (Å²) in [4.78, 5) is 4.38. The third-order valence-electron chi connectivity index (χ3n) is 3.22. The minimum absolute atomic E-state index is 0.483. The lowest BCUT2D eigenvalue weighted by atomic mass is 10.1. The summed E-state index contributed by atoms with van der Waals surface area (Å²) in [6.07, 6.45) is 4.33. The van der Waals surface area contributed by atoms with E-state index < -0.39 is 0 Å². The van der Waals surface area contributed by atoms with E-state index in [-0.39, 0.29) is 0 Å². The van der Waals surface area contributed by atoms with Gasteiger partial charge in [0.2, 0.25) is 0 Å². The van der Waals surface area contributed by atoms with E-state index in [1.54, 1.807) is 0 Å². The molecule has 4 heteroatoms. The van der Waals surface area contributed by atoms with E-state index in [0.717, 1.165) is 23.6 Å². The highest BCUT2D eigenvalue weighted by atomic mass is 15.1. The number of nitrogens with zero attached hydrogens (tertiary/aromatic N) is 2. The van der Waals surface area contributed by atoms with Gasteiger partial charge in [-0.1, -0.05) is 0 Å². The van der Waals surface area contributed by atoms with Crippen molar-refractivity contribution in [3.05, 3.63) is 35.7 Å². The Bertz CT molecular complexity index is 512. The van der Waals surface area contributed by atoms with Gasteiger partial charge in [-0.25, -0.2) is 0 Å². The highest BCUT2D eigenvalue weighted by Gasteiger charge is 2.17. The molecule has 0 aromatic carbocycles. The zero-order chi connectivity index (χ0) is 11.7. The van der Waals surface area contributed by atoms with E-state index in [2.05, 4.69) is 32.6 Å². The van der Waals surface area contributed by atoms with Crippen molar-refractivity contribution in [3.8, 4) is 11.4 Å². The van der Waals surface area contributed by atoms with Crippen LogP contribution in [0.15, 0.2) is 24.4 Å². The van der Waals surface area contributed by atoms with Gasteiger partial charge in [0.05, 0.1) is 5.69 Å². The molecule has 2 aromatic rings. The van der Waals surface area contributed by atoms with Crippen LogP contribution in [0.3, 0.4) is 0 Å². The Hall–Kier alpha value is -1.68. The first-order valence-corrected chi connectivity index (χ1v) is 6.04. The van der Waals surface area contributed by atoms with Crippen molar-refractivity contribution in [2.45, 2.75) is 25.8 Å². The van der Waals surface area contributed by atoms with Gasteiger partial charge in [-0.2, -0.15) is 5.10 Å². The fraction of sp³-hybridized carbons (Fsp3) is 0.385. The van der Waals surface area contributed by atoms with Crippen LogP contribution in [0.2, 0.25) is 0 Å². The normalized spacial score (nSPS) is 19.7. The minimum Gasteiger partial charge on any atom is -0.310 e. The van der Waals surface area contributed by atoms with Crippen molar-refractivity contribution in [2.24, 2.45) is 0 Å². The molecule has 2 N–H and O–H groups in total. The standard InChI is InChI=1S/C13H16N4/c1-9-7-13(17-16-9)12-8-10(4-6-15-12)11-3-2-5-14-11/h4,6-8,11,14H,2-3,5H2,1H3,(H,16,17)/t11-/m0/s1. The first-order valence-electron chi connectivity index (χ1n) is 6.04. The van der Waals surface area contributed by atoms with Crippen LogP contribution in [-0.2, 0) is 0 Å². The summed E-state index contributed by atoms with van der Waals surface area (Å²) in [5.74, 6) is 0. The largest absolute Gasteiger partial charge is 0.310 e. The molecule has 0 radical (unpaired) electrons. The summed E-state index contributed by atoms with van der Waals surface area (Å²) < 4.78 is 0. The molecule has 0 spiro atoms. The Labute approximate surface area is 100 Å². The molecule has 0 unspecified atom stereocenters. The molecule has 0 bridgehead atoms. The lowest BCUT2D eigenvalue weighted by molar-refractivity contribution is 0.647. The molecule has 1 saturated heterocycles. The molecule has 1 fully saturated rings. The average Bonchev–Trinajstić information content (AvgIpc) is 3.00. The third-order valence-corrected chi connectivity index (χ3v) is 3.22. The topological polar surface area (TPSA) is 53.6 Å². The molecule has 1 aliphatic heterocycles. The van der Waals surface area contributed by atoms with Crippen molar-refractivity contribution in [1.29, 1.82) is 0 Å². The molecule has 1 atom stereocenters. The number of H-pyrrole nitrogens is 1. The van der Waals surface area contributed by atoms with Gasteiger partial charge in [-0.15, -0.1) is 0 Å². The molecule has 3 rings (SSSR count). The Morgan fingerprint density at radius 1 is 1.29 bits per heavy atom. The number of hydrogen-bond acceptors (Lipinski definition) is 3. The molecule has 3 heterocycles. The van der Waals surface area contributed by atoms with Gasteiger partial charge < -0.3 is 5.32 Å². The van der Waals surface area contributed by atoms with E-state index in [4.69, 9.17) is 0 Å². The van der Waals surface area contributed by atoms with Crippen molar-refractivity contribution in [3.63, 3.8) is 0 Å². The molecule has 0 saturated carbocycles. The number of aromatic nitrogens is 3. The smallest absolute Gasteiger partial charge is 0.111 e. The van der Waals surface area contributed by atoms with E-state index in [0.29, 0.717) is 6.04 Å². The van der Waals surface area contributed by atoms with Gasteiger partial charge in [0, 0.05) is 17.9 Å². The zero-order valence-corrected chi connectivity index (χ0v) is 9.90. The number of rotatable bonds is 2. The summed E-state index contributed by atoms with van der Waals surface area (Å²) in [5, 5.41) is 10.7. The lowest BCUT2D eigenvalue weighted by Crippen LogP contribution is -2.12. The summed E-state index contributed by atoms with van der Waals surface area (Å²) >= 11 is 0. The number of nitrogens with one attached hydrogen (secondary N) is 2. The average molecular weight is 228 g/mol. The summed E-state index contributed by atoms with van der Waals surface area (Å²) in [6, 6.07) is 6.73. The minimum atomic E-state index is 0.483. The highest BCUT2D eigenvalue weighted by Crippen LogP contribution is 2.25. The molecule has 17 heavy (non-hydrogen) atoms. The molecule has 1 aliphatic rings. The Kier molecular flexibility index (Phi) is 2.65. The van der Waals surface area contributed by atoms with Gasteiger partial charge in [0.15, 0.2) is 0 Å². The van der Waals surface area contributed by atoms with Crippen molar-refractivity contribution in [2.75, 3.05) is 6.54 Å². The third kappa shape index (κ3) is 2.08. The second-order valence-electron chi connectivity index (χ2n) is 4.56. The van der Waals surface area contributed by atoms with Crippen LogP contribution in [0.4, 0.5) is 0 Å². The van der Waals surface area contributed by atoms with Gasteiger partial charge >= 0.3 is 0 Å². The summed E-state index contributed by atoms with van der Waals surface area (Å²) in [6.45, 7) is 3.11. The van der Waals surface area contributed by atoms with Gasteiger partial charge in [0.1, 0.15) is 5.69 Å². The quantitative estimate of drug-likeness (QED) is 0.828. The Balaban J connectivity index is 1.93. The van der Waals surface area contributed by atoms with Crippen LogP contribution in [0.25, 0.3) is 11.4 Å². The molecule has 0 aliphatic carbocycles. The van der Waals surface area contributed by atoms with E-state index >= 15 is 0 Å². The fourth-order valence-electron chi connectivity index (χ4n) is 2.32. The number of hydrogen-bond donors (Lipinski definition) is 2. The maximum Gasteiger partial charge on any atom is 0.111 e. The van der Waals surface area contributed by atoms with Crippen LogP contribution in [0, 0.1) is 6.92 Å². The monoisotopic (exact) mass is 228 g/mol. The van der Waals surface area contributed by atoms with Crippen LogP contribution in [0.5, 0.6) is 0 Å². The summed E-state index contributed by atoms with van der Waals surface area (Å²) in [7, 11) is 0. The first kappa shape index (κ1) is 10.5. The lowest BCUT2D eigenvalue weighted by Gasteiger charge is -2.10. The van der Waals surface area contributed by atoms with Crippen molar-refractivity contribution >= 4 is 0 Å². The molecular formula is C13H16N4. The van der Waals surface area contributed by atoms with Crippen LogP contribution in [-0.4, -0.2) is 21.7 Å². The van der Waals surface area contributed by atoms with Gasteiger partial charge in [-0.3, -0.25) is 10.1 Å². The first-order chi connectivity index (χ1) is 8.33. The molecule has 2 aromatic heterocycles. The van der Waals surface area contributed by atoms with Crippen molar-refractivity contribution < 1.29 is 0 Å². The van der Waals surface area contributed by atoms with Gasteiger partial charge in [-0.05, 0) is 50.1 Å². The predicted octanol–water partition coefficient (Wildman–Crippen LogP) is 2.20. The Morgan fingerprint density at radius 3 is 2.94 bits per heavy atom. The maximum absolute atomic E-state index is 4.38. The molecule has 4 nitrogen and oxygen atoms in total. The molecular weight excluding hydrogens is 212 g/mol. The van der Waals surface area contributed by atoms with Crippen LogP contribution in [0.1, 0.15) is 30.1 Å². The maximum atomic E-state index is 4.38. The van der Waals surface area contributed by atoms with Crippen molar-refractivity contribution in [1.82, 2.24) is 20.5 Å². The van der Waals surface area contributed by atoms with Crippen LogP contribution < -0.4 is 5.32 Å². The zero-order valence-electron chi connectivity index (χ0n) is 9.90. The second-order valence-corrected chi connectivity index (χ2v) is 4.56. The predicted molar refractivity (Wildman–Crippen MR) is 66.5 cm³/mol. The van der Waals surface area contributed by atoms with E-state index in [1.807, 2.05) is 19.2 Å².